The van der Waals surface area contributed by atoms with E-state index in [2.05, 4.69) is 0 Å². The van der Waals surface area contributed by atoms with Crippen molar-refractivity contribution in [1.29, 1.82) is 0 Å². The normalized spacial score (nSPS) is 14.1. The quantitative estimate of drug-likeness (QED) is 0.870. The van der Waals surface area contributed by atoms with Gasteiger partial charge in [0.05, 0.1) is 0 Å². The molecule has 0 aliphatic rings. The summed E-state index contributed by atoms with van der Waals surface area (Å²) in [5.41, 5.74) is 0.117. The van der Waals surface area contributed by atoms with Gasteiger partial charge in [0, 0.05) is 7.05 Å². The van der Waals surface area contributed by atoms with Gasteiger partial charge in [-0.1, -0.05) is 0 Å². The zero-order valence-electron chi connectivity index (χ0n) is 14.4. The van der Waals surface area contributed by atoms with E-state index in [1.54, 1.807) is 53.7 Å². The number of aromatic hydroxyl groups is 1. The highest BCUT2D eigenvalue weighted by Crippen LogP contribution is 2.32. The first-order chi connectivity index (χ1) is 9.92. The molecule has 0 heterocycles. The molecule has 1 N–H and O–H groups in total. The minimum Gasteiger partial charge on any atom is -0.507 e. The van der Waals surface area contributed by atoms with Gasteiger partial charge < -0.3 is 14.6 Å². The van der Waals surface area contributed by atoms with Crippen LogP contribution in [0.15, 0.2) is 12.1 Å². The first kappa shape index (κ1) is 18.0. The van der Waals surface area contributed by atoms with Gasteiger partial charge in [-0.15, -0.1) is 0 Å². The lowest BCUT2D eigenvalue weighted by Crippen LogP contribution is -2.48. The molecule has 0 saturated carbocycles. The van der Waals surface area contributed by atoms with Crippen LogP contribution in [0, 0.1) is 13.8 Å². The Morgan fingerprint density at radius 1 is 1.18 bits per heavy atom. The number of likely N-dealkylation sites (N-methyl/N-ethyl adjacent to an activating group) is 1. The Labute approximate surface area is 131 Å². The summed E-state index contributed by atoms with van der Waals surface area (Å²) < 4.78 is 5.33. The molecule has 0 bridgehead atoms. The molecule has 0 aromatic heterocycles. The maximum Gasteiger partial charge on any atom is 0.411 e. The minimum absolute atomic E-state index is 0.192. The third-order valence-electron chi connectivity index (χ3n) is 3.67. The zero-order valence-corrected chi connectivity index (χ0v) is 14.4. The maximum absolute atomic E-state index is 12.3. The van der Waals surface area contributed by atoms with Crippen LogP contribution < -0.4 is 0 Å². The van der Waals surface area contributed by atoms with E-state index in [0.29, 0.717) is 23.0 Å². The number of hydrogen-bond acceptors (Lipinski definition) is 4. The molecule has 1 rings (SSSR count). The van der Waals surface area contributed by atoms with Gasteiger partial charge in [-0.3, -0.25) is 4.90 Å². The molecule has 5 heteroatoms. The van der Waals surface area contributed by atoms with E-state index in [1.165, 1.54) is 11.9 Å². The molecule has 22 heavy (non-hydrogen) atoms. The summed E-state index contributed by atoms with van der Waals surface area (Å²) in [6.07, 6.45) is 0.132. The number of aryl methyl sites for hydroxylation is 2. The number of carbonyl (C=O) groups excluding carboxylic acids is 2. The smallest absolute Gasteiger partial charge is 0.411 e. The van der Waals surface area contributed by atoms with E-state index >= 15 is 0 Å². The van der Waals surface area contributed by atoms with Crippen molar-refractivity contribution in [2.45, 2.75) is 52.7 Å². The van der Waals surface area contributed by atoms with Gasteiger partial charge in [0.15, 0.2) is 0 Å². The van der Waals surface area contributed by atoms with Gasteiger partial charge in [0.2, 0.25) is 0 Å². The number of aldehydes is 1. The predicted molar refractivity (Wildman–Crippen MR) is 85.0 cm³/mol. The van der Waals surface area contributed by atoms with Crippen molar-refractivity contribution in [2.24, 2.45) is 0 Å². The molecule has 1 aromatic rings. The molecule has 1 atom stereocenters. The monoisotopic (exact) mass is 307 g/mol. The molecule has 1 unspecified atom stereocenters. The second kappa shape index (κ2) is 5.99. The Kier molecular flexibility index (Phi) is 4.90. The standard InChI is InChI=1S/C17H25NO4/c1-11-8-13(9-12(2)14(11)20)17(6,10-19)18(7)15(21)22-16(3,4)5/h8-10,20H,1-7H3. The number of phenolic OH excluding ortho intramolecular Hbond substituents is 1. The Morgan fingerprint density at radius 3 is 2.00 bits per heavy atom. The fourth-order valence-electron chi connectivity index (χ4n) is 2.11. The topological polar surface area (TPSA) is 66.8 Å². The van der Waals surface area contributed by atoms with Gasteiger partial charge in [-0.2, -0.15) is 0 Å². The first-order valence-electron chi connectivity index (χ1n) is 7.16. The number of carbonyl (C=O) groups is 2. The van der Waals surface area contributed by atoms with Gasteiger partial charge in [0.25, 0.3) is 0 Å². The van der Waals surface area contributed by atoms with Crippen molar-refractivity contribution in [2.75, 3.05) is 7.05 Å². The molecule has 0 saturated heterocycles. The van der Waals surface area contributed by atoms with Gasteiger partial charge in [0.1, 0.15) is 23.2 Å². The summed E-state index contributed by atoms with van der Waals surface area (Å²) in [4.78, 5) is 25.3. The lowest BCUT2D eigenvalue weighted by Gasteiger charge is -2.36. The third-order valence-corrected chi connectivity index (χ3v) is 3.67. The molecule has 0 aliphatic heterocycles. The van der Waals surface area contributed by atoms with Gasteiger partial charge in [-0.05, 0) is 70.4 Å². The minimum atomic E-state index is -1.18. The van der Waals surface area contributed by atoms with Crippen molar-refractivity contribution in [3.63, 3.8) is 0 Å². The molecule has 5 nitrogen and oxygen atoms in total. The summed E-state index contributed by atoms with van der Waals surface area (Å²) in [7, 11) is 1.53. The number of phenols is 1. The summed E-state index contributed by atoms with van der Waals surface area (Å²) in [6.45, 7) is 10.5. The molecule has 122 valence electrons. The predicted octanol–water partition coefficient (Wildman–Crippen LogP) is 3.29. The second-order valence-electron chi connectivity index (χ2n) is 6.76. The van der Waals surface area contributed by atoms with Crippen LogP contribution in [0.4, 0.5) is 4.79 Å². The molecule has 1 amide bonds. The molecule has 0 spiro atoms. The SMILES string of the molecule is Cc1cc(C(C)(C=O)N(C)C(=O)OC(C)(C)C)cc(C)c1O. The van der Waals surface area contributed by atoms with Gasteiger partial charge >= 0.3 is 6.09 Å². The van der Waals surface area contributed by atoms with Crippen LogP contribution in [-0.4, -0.2) is 35.0 Å². The number of hydrogen-bond donors (Lipinski definition) is 1. The first-order valence-corrected chi connectivity index (χ1v) is 7.16. The van der Waals surface area contributed by atoms with Crippen LogP contribution in [0.1, 0.15) is 44.4 Å². The van der Waals surface area contributed by atoms with Crippen molar-refractivity contribution >= 4 is 12.4 Å². The molecule has 0 fully saturated rings. The number of rotatable bonds is 3. The molecular formula is C17H25NO4. The van der Waals surface area contributed by atoms with E-state index in [1.807, 2.05) is 0 Å². The largest absolute Gasteiger partial charge is 0.507 e. The summed E-state index contributed by atoms with van der Waals surface area (Å²) in [5, 5.41) is 9.88. The summed E-state index contributed by atoms with van der Waals surface area (Å²) in [5.74, 6) is 0.192. The molecule has 0 radical (unpaired) electrons. The van der Waals surface area contributed by atoms with Crippen LogP contribution in [0.3, 0.4) is 0 Å². The van der Waals surface area contributed by atoms with Crippen molar-refractivity contribution < 1.29 is 19.4 Å². The Balaban J connectivity index is 3.26. The number of amides is 1. The van der Waals surface area contributed by atoms with Crippen molar-refractivity contribution in [3.05, 3.63) is 28.8 Å². The lowest BCUT2D eigenvalue weighted by atomic mass is 9.89. The number of benzene rings is 1. The van der Waals surface area contributed by atoms with Crippen LogP contribution in [0.5, 0.6) is 5.75 Å². The van der Waals surface area contributed by atoms with Gasteiger partial charge in [-0.25, -0.2) is 4.79 Å². The maximum atomic E-state index is 12.3. The average Bonchev–Trinajstić information content (AvgIpc) is 2.40. The third kappa shape index (κ3) is 3.59. The van der Waals surface area contributed by atoms with Crippen molar-refractivity contribution in [1.82, 2.24) is 4.90 Å². The number of ether oxygens (including phenoxy) is 1. The van der Waals surface area contributed by atoms with E-state index in [9.17, 15) is 14.7 Å². The summed E-state index contributed by atoms with van der Waals surface area (Å²) >= 11 is 0. The van der Waals surface area contributed by atoms with Crippen LogP contribution in [-0.2, 0) is 15.1 Å². The van der Waals surface area contributed by atoms with Crippen LogP contribution >= 0.6 is 0 Å². The Hall–Kier alpha value is -2.04. The molecule has 0 aliphatic carbocycles. The fourth-order valence-corrected chi connectivity index (χ4v) is 2.11. The van der Waals surface area contributed by atoms with Crippen LogP contribution in [0.25, 0.3) is 0 Å². The van der Waals surface area contributed by atoms with E-state index < -0.39 is 17.2 Å². The van der Waals surface area contributed by atoms with E-state index in [4.69, 9.17) is 4.74 Å². The highest BCUT2D eigenvalue weighted by atomic mass is 16.6. The Morgan fingerprint density at radius 2 is 1.64 bits per heavy atom. The Bertz CT molecular complexity index is 566. The van der Waals surface area contributed by atoms with Crippen molar-refractivity contribution in [3.8, 4) is 5.75 Å². The van der Waals surface area contributed by atoms with Crippen LogP contribution in [0.2, 0.25) is 0 Å². The highest BCUT2D eigenvalue weighted by molar-refractivity contribution is 5.78. The number of nitrogens with zero attached hydrogens (tertiary/aromatic N) is 1. The van der Waals surface area contributed by atoms with E-state index in [-0.39, 0.29) is 5.75 Å². The summed E-state index contributed by atoms with van der Waals surface area (Å²) in [6, 6.07) is 3.41. The molecular weight excluding hydrogens is 282 g/mol. The average molecular weight is 307 g/mol. The fraction of sp³-hybridized carbons (Fsp3) is 0.529. The molecule has 1 aromatic carbocycles. The zero-order chi connectivity index (χ0) is 17.3. The highest BCUT2D eigenvalue weighted by Gasteiger charge is 2.37. The lowest BCUT2D eigenvalue weighted by molar-refractivity contribution is -0.117. The second-order valence-corrected chi connectivity index (χ2v) is 6.76. The van der Waals surface area contributed by atoms with E-state index in [0.717, 1.165) is 0 Å².